The highest BCUT2D eigenvalue weighted by molar-refractivity contribution is 5.97. The number of morpholine rings is 1. The fraction of sp³-hybridized carbons (Fsp3) is 0.429. The number of aryl methyl sites for hydroxylation is 2. The summed E-state index contributed by atoms with van der Waals surface area (Å²) in [5.74, 6) is 0. The van der Waals surface area contributed by atoms with Crippen molar-refractivity contribution in [3.8, 4) is 0 Å². The standard InChI is InChI=1S/C14H17N3O/c1-10-12-4-3-5-13(14(12)11(2)16-15-10)17-6-8-18-9-7-17/h3-5H,6-9H2,1-2H3. The van der Waals surface area contributed by atoms with Gasteiger partial charge in [-0.15, -0.1) is 0 Å². The van der Waals surface area contributed by atoms with Gasteiger partial charge >= 0.3 is 0 Å². The van der Waals surface area contributed by atoms with E-state index in [1.807, 2.05) is 13.8 Å². The molecule has 0 unspecified atom stereocenters. The molecule has 0 radical (unpaired) electrons. The molecule has 0 spiro atoms. The van der Waals surface area contributed by atoms with Crippen molar-refractivity contribution in [2.24, 2.45) is 0 Å². The Labute approximate surface area is 107 Å². The van der Waals surface area contributed by atoms with Crippen LogP contribution in [0.4, 0.5) is 5.69 Å². The molecule has 0 N–H and O–H groups in total. The number of rotatable bonds is 1. The van der Waals surface area contributed by atoms with Crippen molar-refractivity contribution < 1.29 is 4.74 Å². The van der Waals surface area contributed by atoms with Crippen LogP contribution in [-0.4, -0.2) is 36.5 Å². The topological polar surface area (TPSA) is 38.2 Å². The number of hydrogen-bond acceptors (Lipinski definition) is 4. The fourth-order valence-corrected chi connectivity index (χ4v) is 2.54. The Kier molecular flexibility index (Phi) is 2.88. The van der Waals surface area contributed by atoms with Crippen LogP contribution >= 0.6 is 0 Å². The maximum atomic E-state index is 5.42. The molecule has 4 heteroatoms. The van der Waals surface area contributed by atoms with Crippen LogP contribution in [0.3, 0.4) is 0 Å². The Morgan fingerprint density at radius 2 is 1.78 bits per heavy atom. The van der Waals surface area contributed by atoms with Crippen LogP contribution in [0.5, 0.6) is 0 Å². The molecule has 0 bridgehead atoms. The molecule has 0 amide bonds. The van der Waals surface area contributed by atoms with Gasteiger partial charge in [-0.1, -0.05) is 12.1 Å². The first-order valence-electron chi connectivity index (χ1n) is 6.32. The van der Waals surface area contributed by atoms with Gasteiger partial charge in [-0.2, -0.15) is 10.2 Å². The summed E-state index contributed by atoms with van der Waals surface area (Å²) in [6.07, 6.45) is 0. The summed E-state index contributed by atoms with van der Waals surface area (Å²) in [5.41, 5.74) is 3.25. The largest absolute Gasteiger partial charge is 0.378 e. The Bertz CT molecular complexity index is 577. The zero-order valence-electron chi connectivity index (χ0n) is 10.8. The summed E-state index contributed by atoms with van der Waals surface area (Å²) in [6, 6.07) is 6.39. The molecule has 1 saturated heterocycles. The third-order valence-corrected chi connectivity index (χ3v) is 3.50. The predicted molar refractivity (Wildman–Crippen MR) is 72.0 cm³/mol. The normalized spacial score (nSPS) is 16.2. The molecule has 1 fully saturated rings. The van der Waals surface area contributed by atoms with Gasteiger partial charge in [-0.05, 0) is 19.9 Å². The lowest BCUT2D eigenvalue weighted by molar-refractivity contribution is 0.123. The summed E-state index contributed by atoms with van der Waals surface area (Å²) < 4.78 is 5.42. The highest BCUT2D eigenvalue weighted by atomic mass is 16.5. The van der Waals surface area contributed by atoms with E-state index in [9.17, 15) is 0 Å². The van der Waals surface area contributed by atoms with E-state index in [-0.39, 0.29) is 0 Å². The van der Waals surface area contributed by atoms with Crippen LogP contribution in [0.15, 0.2) is 18.2 Å². The highest BCUT2D eigenvalue weighted by Crippen LogP contribution is 2.30. The highest BCUT2D eigenvalue weighted by Gasteiger charge is 2.16. The van der Waals surface area contributed by atoms with Crippen molar-refractivity contribution in [3.63, 3.8) is 0 Å². The summed E-state index contributed by atoms with van der Waals surface area (Å²) in [6.45, 7) is 7.52. The molecule has 0 atom stereocenters. The van der Waals surface area contributed by atoms with E-state index >= 15 is 0 Å². The molecule has 1 aromatic carbocycles. The van der Waals surface area contributed by atoms with Crippen molar-refractivity contribution >= 4 is 16.5 Å². The maximum absolute atomic E-state index is 5.42. The molecule has 0 saturated carbocycles. The monoisotopic (exact) mass is 243 g/mol. The van der Waals surface area contributed by atoms with Crippen LogP contribution in [0.1, 0.15) is 11.4 Å². The average Bonchev–Trinajstić information content (AvgIpc) is 2.43. The van der Waals surface area contributed by atoms with Crippen LogP contribution in [-0.2, 0) is 4.74 Å². The lowest BCUT2D eigenvalue weighted by Gasteiger charge is -2.30. The molecule has 4 nitrogen and oxygen atoms in total. The van der Waals surface area contributed by atoms with E-state index in [0.717, 1.165) is 37.7 Å². The molecule has 1 aromatic heterocycles. The Morgan fingerprint density at radius 3 is 2.56 bits per heavy atom. The molecule has 94 valence electrons. The van der Waals surface area contributed by atoms with Gasteiger partial charge in [0.05, 0.1) is 24.6 Å². The molecule has 2 heterocycles. The molecule has 18 heavy (non-hydrogen) atoms. The van der Waals surface area contributed by atoms with Crippen molar-refractivity contribution in [2.75, 3.05) is 31.2 Å². The van der Waals surface area contributed by atoms with E-state index in [2.05, 4.69) is 33.3 Å². The summed E-state index contributed by atoms with van der Waals surface area (Å²) in [7, 11) is 0. The van der Waals surface area contributed by atoms with Gasteiger partial charge in [0.1, 0.15) is 0 Å². The van der Waals surface area contributed by atoms with E-state index in [1.165, 1.54) is 16.5 Å². The first-order valence-corrected chi connectivity index (χ1v) is 6.32. The van der Waals surface area contributed by atoms with Crippen molar-refractivity contribution in [1.82, 2.24) is 10.2 Å². The van der Waals surface area contributed by atoms with Gasteiger partial charge in [0, 0.05) is 29.5 Å². The van der Waals surface area contributed by atoms with Crippen LogP contribution in [0.25, 0.3) is 10.8 Å². The second kappa shape index (κ2) is 4.53. The third kappa shape index (κ3) is 1.82. The Hall–Kier alpha value is -1.68. The number of hydrogen-bond donors (Lipinski definition) is 0. The SMILES string of the molecule is Cc1nnc(C)c2c(N3CCOCC3)cccc12. The molecular weight excluding hydrogens is 226 g/mol. The zero-order valence-corrected chi connectivity index (χ0v) is 10.8. The minimum atomic E-state index is 0.799. The molecule has 0 aliphatic carbocycles. The Balaban J connectivity index is 2.19. The summed E-state index contributed by atoms with van der Waals surface area (Å²) >= 11 is 0. The number of fused-ring (bicyclic) bond motifs is 1. The number of ether oxygens (including phenoxy) is 1. The van der Waals surface area contributed by atoms with Gasteiger partial charge in [0.15, 0.2) is 0 Å². The lowest BCUT2D eigenvalue weighted by Crippen LogP contribution is -2.36. The molecule has 1 aliphatic heterocycles. The van der Waals surface area contributed by atoms with Crippen molar-refractivity contribution in [2.45, 2.75) is 13.8 Å². The van der Waals surface area contributed by atoms with Crippen LogP contribution in [0, 0.1) is 13.8 Å². The van der Waals surface area contributed by atoms with Crippen LogP contribution in [0.2, 0.25) is 0 Å². The fourth-order valence-electron chi connectivity index (χ4n) is 2.54. The van der Waals surface area contributed by atoms with Gasteiger partial charge in [0.25, 0.3) is 0 Å². The first-order chi connectivity index (χ1) is 8.77. The van der Waals surface area contributed by atoms with Crippen LogP contribution < -0.4 is 4.90 Å². The molecule has 3 rings (SSSR count). The minimum Gasteiger partial charge on any atom is -0.378 e. The second-order valence-corrected chi connectivity index (χ2v) is 4.67. The summed E-state index contributed by atoms with van der Waals surface area (Å²) in [5, 5.41) is 10.9. The van der Waals surface area contributed by atoms with E-state index in [1.54, 1.807) is 0 Å². The molecular formula is C14H17N3O. The second-order valence-electron chi connectivity index (χ2n) is 4.67. The van der Waals surface area contributed by atoms with Gasteiger partial charge in [0.2, 0.25) is 0 Å². The van der Waals surface area contributed by atoms with Crippen molar-refractivity contribution in [1.29, 1.82) is 0 Å². The maximum Gasteiger partial charge on any atom is 0.0699 e. The van der Waals surface area contributed by atoms with Gasteiger partial charge in [-0.3, -0.25) is 0 Å². The zero-order chi connectivity index (χ0) is 12.5. The minimum absolute atomic E-state index is 0.799. The van der Waals surface area contributed by atoms with E-state index in [0.29, 0.717) is 0 Å². The van der Waals surface area contributed by atoms with Crippen molar-refractivity contribution in [3.05, 3.63) is 29.6 Å². The van der Waals surface area contributed by atoms with Gasteiger partial charge < -0.3 is 9.64 Å². The lowest BCUT2D eigenvalue weighted by atomic mass is 10.1. The first kappa shape index (κ1) is 11.4. The average molecular weight is 243 g/mol. The molecule has 1 aliphatic rings. The van der Waals surface area contributed by atoms with E-state index < -0.39 is 0 Å². The van der Waals surface area contributed by atoms with E-state index in [4.69, 9.17) is 4.74 Å². The Morgan fingerprint density at radius 1 is 1.06 bits per heavy atom. The number of nitrogens with zero attached hydrogens (tertiary/aromatic N) is 3. The quantitative estimate of drug-likeness (QED) is 0.768. The number of anilines is 1. The summed E-state index contributed by atoms with van der Waals surface area (Å²) in [4.78, 5) is 2.37. The number of benzene rings is 1. The predicted octanol–water partition coefficient (Wildman–Crippen LogP) is 2.08. The number of aromatic nitrogens is 2. The van der Waals surface area contributed by atoms with Gasteiger partial charge in [-0.25, -0.2) is 0 Å². The smallest absolute Gasteiger partial charge is 0.0699 e. The molecule has 2 aromatic rings. The third-order valence-electron chi connectivity index (χ3n) is 3.50.